The number of imidazole rings is 1. The summed E-state index contributed by atoms with van der Waals surface area (Å²) in [7, 11) is 0. The van der Waals surface area contributed by atoms with Crippen LogP contribution in [0.1, 0.15) is 0 Å². The highest BCUT2D eigenvalue weighted by molar-refractivity contribution is 6.25. The zero-order chi connectivity index (χ0) is 38.2. The normalized spacial score (nSPS) is 11.8. The van der Waals surface area contributed by atoms with Gasteiger partial charge in [0.15, 0.2) is 0 Å². The molecule has 0 unspecified atom stereocenters. The minimum atomic E-state index is 0.924. The van der Waals surface area contributed by atoms with Gasteiger partial charge in [-0.15, -0.1) is 0 Å². The van der Waals surface area contributed by atoms with Gasteiger partial charge in [-0.05, 0) is 115 Å². The SMILES string of the molecule is c1ccc(-c2ccc(-c3nc4ccccc4n3-c3ccc(-n4c5ccccc5c5cc(-c6ccc7c8ccccc8c8ccccc8c7c6)ccc54)cc3)cc2)cc1. The molecule has 0 radical (unpaired) electrons. The van der Waals surface area contributed by atoms with Crippen LogP contribution < -0.4 is 0 Å². The fourth-order valence-electron chi connectivity index (χ4n) is 9.19. The lowest BCUT2D eigenvalue weighted by molar-refractivity contribution is 1.09. The predicted octanol–water partition coefficient (Wildman–Crippen LogP) is 14.6. The van der Waals surface area contributed by atoms with E-state index in [0.717, 1.165) is 33.8 Å². The molecule has 0 saturated carbocycles. The Morgan fingerprint density at radius 3 is 1.40 bits per heavy atom. The van der Waals surface area contributed by atoms with Crippen LogP contribution >= 0.6 is 0 Å². The van der Waals surface area contributed by atoms with E-state index in [1.807, 2.05) is 0 Å². The molecule has 0 aliphatic carbocycles. The molecule has 12 aromatic rings. The standard InChI is InChI=1S/C55H35N3/c1-2-12-36(13-3-1)37-22-24-38(25-23-37)55-56-51-19-9-11-21-54(51)58(55)42-30-28-41(29-31-42)57-52-20-10-8-18-48(52)50-35-40(27-33-53(50)57)39-26-32-47-45-16-5-4-14-43(45)44-15-6-7-17-46(44)49(47)34-39/h1-35H. The minimum absolute atomic E-state index is 0.924. The molecule has 2 heterocycles. The zero-order valence-corrected chi connectivity index (χ0v) is 31.5. The third-order valence-corrected chi connectivity index (χ3v) is 11.9. The molecule has 0 saturated heterocycles. The molecular weight excluding hydrogens is 703 g/mol. The Balaban J connectivity index is 0.962. The fraction of sp³-hybridized carbons (Fsp3) is 0. The lowest BCUT2D eigenvalue weighted by Gasteiger charge is -2.13. The van der Waals surface area contributed by atoms with Crippen LogP contribution in [-0.2, 0) is 0 Å². The first-order chi connectivity index (χ1) is 28.8. The van der Waals surface area contributed by atoms with Crippen LogP contribution in [0.15, 0.2) is 212 Å². The Kier molecular flexibility index (Phi) is 7.23. The second kappa shape index (κ2) is 12.9. The van der Waals surface area contributed by atoms with E-state index in [1.54, 1.807) is 0 Å². The third-order valence-electron chi connectivity index (χ3n) is 11.9. The average molecular weight is 738 g/mol. The van der Waals surface area contributed by atoms with Crippen LogP contribution in [0.3, 0.4) is 0 Å². The van der Waals surface area contributed by atoms with Gasteiger partial charge in [-0.2, -0.15) is 0 Å². The van der Waals surface area contributed by atoms with Gasteiger partial charge >= 0.3 is 0 Å². The maximum Gasteiger partial charge on any atom is 0.145 e. The number of fused-ring (bicyclic) bond motifs is 10. The summed E-state index contributed by atoms with van der Waals surface area (Å²) in [5, 5.41) is 10.2. The molecule has 0 aliphatic heterocycles. The molecule has 2 aromatic heterocycles. The highest BCUT2D eigenvalue weighted by Crippen LogP contribution is 2.40. The lowest BCUT2D eigenvalue weighted by Crippen LogP contribution is -1.99. The quantitative estimate of drug-likeness (QED) is 0.161. The van der Waals surface area contributed by atoms with Gasteiger partial charge < -0.3 is 4.57 Å². The summed E-state index contributed by atoms with van der Waals surface area (Å²) in [5.74, 6) is 0.924. The summed E-state index contributed by atoms with van der Waals surface area (Å²) in [6.45, 7) is 0. The van der Waals surface area contributed by atoms with E-state index in [2.05, 4.69) is 221 Å². The van der Waals surface area contributed by atoms with Crippen molar-refractivity contribution < 1.29 is 0 Å². The van der Waals surface area contributed by atoms with E-state index < -0.39 is 0 Å². The number of hydrogen-bond donors (Lipinski definition) is 0. The van der Waals surface area contributed by atoms with E-state index in [9.17, 15) is 0 Å². The van der Waals surface area contributed by atoms with Crippen LogP contribution in [0.5, 0.6) is 0 Å². The van der Waals surface area contributed by atoms with E-state index in [-0.39, 0.29) is 0 Å². The molecule has 0 spiro atoms. The van der Waals surface area contributed by atoms with E-state index in [4.69, 9.17) is 4.98 Å². The van der Waals surface area contributed by atoms with Crippen LogP contribution in [-0.4, -0.2) is 14.1 Å². The molecule has 0 fully saturated rings. The molecule has 10 aromatic carbocycles. The molecular formula is C55H35N3. The highest BCUT2D eigenvalue weighted by atomic mass is 15.1. The number of rotatable bonds is 5. The van der Waals surface area contributed by atoms with E-state index in [0.29, 0.717) is 0 Å². The van der Waals surface area contributed by atoms with E-state index >= 15 is 0 Å². The van der Waals surface area contributed by atoms with Gasteiger partial charge in [0.25, 0.3) is 0 Å². The van der Waals surface area contributed by atoms with Crippen LogP contribution in [0.25, 0.3) is 110 Å². The number of benzene rings is 10. The van der Waals surface area contributed by atoms with Gasteiger partial charge in [0.2, 0.25) is 0 Å². The summed E-state index contributed by atoms with van der Waals surface area (Å²) < 4.78 is 4.68. The number of aromatic nitrogens is 3. The summed E-state index contributed by atoms with van der Waals surface area (Å²) in [5.41, 5.74) is 12.5. The Hall–Kier alpha value is -7.75. The average Bonchev–Trinajstić information content (AvgIpc) is 3.85. The molecule has 270 valence electrons. The zero-order valence-electron chi connectivity index (χ0n) is 31.5. The van der Waals surface area contributed by atoms with Crippen molar-refractivity contribution in [2.75, 3.05) is 0 Å². The molecule has 3 heteroatoms. The Bertz CT molecular complexity index is 3500. The van der Waals surface area contributed by atoms with Crippen LogP contribution in [0.4, 0.5) is 0 Å². The first kappa shape index (κ1) is 32.5. The molecule has 0 bridgehead atoms. The van der Waals surface area contributed by atoms with Gasteiger partial charge in [-0.3, -0.25) is 4.57 Å². The number of para-hydroxylation sites is 3. The predicted molar refractivity (Wildman–Crippen MR) is 244 cm³/mol. The van der Waals surface area contributed by atoms with Crippen LogP contribution in [0.2, 0.25) is 0 Å². The fourth-order valence-corrected chi connectivity index (χ4v) is 9.19. The maximum absolute atomic E-state index is 5.15. The second-order valence-corrected chi connectivity index (χ2v) is 15.2. The van der Waals surface area contributed by atoms with Gasteiger partial charge in [0.1, 0.15) is 5.82 Å². The van der Waals surface area contributed by atoms with Crippen molar-refractivity contribution >= 4 is 65.2 Å². The van der Waals surface area contributed by atoms with Gasteiger partial charge in [0, 0.05) is 27.7 Å². The van der Waals surface area contributed by atoms with Gasteiger partial charge in [-0.25, -0.2) is 4.98 Å². The Morgan fingerprint density at radius 2 is 0.707 bits per heavy atom. The molecule has 0 atom stereocenters. The Labute approximate surface area is 335 Å². The summed E-state index contributed by atoms with van der Waals surface area (Å²) in [4.78, 5) is 5.15. The van der Waals surface area contributed by atoms with Gasteiger partial charge in [-0.1, -0.05) is 152 Å². The highest BCUT2D eigenvalue weighted by Gasteiger charge is 2.17. The molecule has 0 N–H and O–H groups in total. The minimum Gasteiger partial charge on any atom is -0.309 e. The molecule has 58 heavy (non-hydrogen) atoms. The smallest absolute Gasteiger partial charge is 0.145 e. The van der Waals surface area contributed by atoms with Crippen molar-refractivity contribution in [3.63, 3.8) is 0 Å². The first-order valence-corrected chi connectivity index (χ1v) is 19.9. The number of hydrogen-bond acceptors (Lipinski definition) is 1. The first-order valence-electron chi connectivity index (χ1n) is 19.9. The van der Waals surface area contributed by atoms with E-state index in [1.165, 1.54) is 76.4 Å². The largest absolute Gasteiger partial charge is 0.309 e. The maximum atomic E-state index is 5.15. The van der Waals surface area contributed by atoms with Crippen LogP contribution in [0, 0.1) is 0 Å². The second-order valence-electron chi connectivity index (χ2n) is 15.2. The van der Waals surface area contributed by atoms with Crippen molar-refractivity contribution in [2.45, 2.75) is 0 Å². The number of nitrogens with zero attached hydrogens (tertiary/aromatic N) is 3. The monoisotopic (exact) mass is 737 g/mol. The third kappa shape index (κ3) is 5.04. The van der Waals surface area contributed by atoms with Crippen molar-refractivity contribution in [3.05, 3.63) is 212 Å². The molecule has 12 rings (SSSR count). The Morgan fingerprint density at radius 1 is 0.259 bits per heavy atom. The van der Waals surface area contributed by atoms with Crippen molar-refractivity contribution in [1.82, 2.24) is 14.1 Å². The van der Waals surface area contributed by atoms with Gasteiger partial charge in [0.05, 0.1) is 22.1 Å². The summed E-state index contributed by atoms with van der Waals surface area (Å²) in [6.07, 6.45) is 0. The van der Waals surface area contributed by atoms with Crippen molar-refractivity contribution in [3.8, 4) is 45.0 Å². The summed E-state index contributed by atoms with van der Waals surface area (Å²) >= 11 is 0. The molecule has 0 amide bonds. The molecule has 0 aliphatic rings. The lowest BCUT2D eigenvalue weighted by atomic mass is 9.92. The van der Waals surface area contributed by atoms with Crippen molar-refractivity contribution in [2.24, 2.45) is 0 Å². The summed E-state index contributed by atoms with van der Waals surface area (Å²) in [6, 6.07) is 76.9. The topological polar surface area (TPSA) is 22.8 Å². The van der Waals surface area contributed by atoms with Crippen molar-refractivity contribution in [1.29, 1.82) is 0 Å². The molecule has 3 nitrogen and oxygen atoms in total.